The monoisotopic (exact) mass is 299 g/mol. The van der Waals surface area contributed by atoms with Gasteiger partial charge in [0.05, 0.1) is 11.8 Å². The highest BCUT2D eigenvalue weighted by atomic mass is 32.1. The van der Waals surface area contributed by atoms with Crippen molar-refractivity contribution in [1.82, 2.24) is 20.2 Å². The summed E-state index contributed by atoms with van der Waals surface area (Å²) in [5.41, 5.74) is 2.92. The van der Waals surface area contributed by atoms with E-state index in [1.807, 2.05) is 19.5 Å². The maximum absolute atomic E-state index is 11.4. The van der Waals surface area contributed by atoms with E-state index in [0.717, 1.165) is 18.7 Å². The molecular formula is C12H21N5O2S. The predicted octanol–water partition coefficient (Wildman–Crippen LogP) is -0.757. The van der Waals surface area contributed by atoms with Crippen LogP contribution >= 0.6 is 11.3 Å². The number of carbonyl (C=O) groups excluding carboxylic acids is 1. The maximum atomic E-state index is 11.4. The van der Waals surface area contributed by atoms with E-state index in [1.165, 1.54) is 11.3 Å². The molecule has 1 saturated heterocycles. The number of hydrogen-bond donors (Lipinski definition) is 3. The molecule has 2 rings (SSSR count). The molecule has 1 aromatic heterocycles. The number of thiazole rings is 1. The summed E-state index contributed by atoms with van der Waals surface area (Å²) in [6.07, 6.45) is 0.490. The molecule has 2 unspecified atom stereocenters. The fourth-order valence-electron chi connectivity index (χ4n) is 2.52. The average molecular weight is 299 g/mol. The highest BCUT2D eigenvalue weighted by Gasteiger charge is 2.31. The highest BCUT2D eigenvalue weighted by Crippen LogP contribution is 2.22. The first-order valence-corrected chi connectivity index (χ1v) is 7.39. The minimum absolute atomic E-state index is 0.287. The van der Waals surface area contributed by atoms with E-state index in [0.29, 0.717) is 24.1 Å². The maximum Gasteiger partial charge on any atom is 0.294 e. The van der Waals surface area contributed by atoms with Gasteiger partial charge < -0.3 is 10.0 Å². The van der Waals surface area contributed by atoms with Gasteiger partial charge in [-0.2, -0.15) is 0 Å². The van der Waals surface area contributed by atoms with Gasteiger partial charge in [-0.05, 0) is 20.5 Å². The molecule has 0 aliphatic carbocycles. The molecule has 1 aromatic rings. The number of hydrazine groups is 1. The number of aliphatic hydroxyl groups excluding tert-OH is 1. The smallest absolute Gasteiger partial charge is 0.294 e. The molecule has 0 saturated carbocycles. The van der Waals surface area contributed by atoms with E-state index < -0.39 is 0 Å². The lowest BCUT2D eigenvalue weighted by Crippen LogP contribution is -2.37. The SMILES string of the molecule is CN(C)CC1CC(O)CN1Cc1csc(C(=O)NN)n1. The number of amides is 1. The van der Waals surface area contributed by atoms with Crippen LogP contribution in [0.4, 0.5) is 0 Å². The van der Waals surface area contributed by atoms with Crippen LogP contribution in [-0.2, 0) is 6.54 Å². The molecule has 0 aromatic carbocycles. The normalized spacial score (nSPS) is 23.4. The number of rotatable bonds is 5. The Morgan fingerprint density at radius 1 is 1.70 bits per heavy atom. The van der Waals surface area contributed by atoms with E-state index in [-0.39, 0.29) is 12.0 Å². The number of hydrogen-bond acceptors (Lipinski definition) is 7. The lowest BCUT2D eigenvalue weighted by atomic mass is 10.2. The molecule has 20 heavy (non-hydrogen) atoms. The largest absolute Gasteiger partial charge is 0.392 e. The number of nitrogens with zero attached hydrogens (tertiary/aromatic N) is 3. The zero-order valence-electron chi connectivity index (χ0n) is 11.7. The van der Waals surface area contributed by atoms with Crippen LogP contribution in [0.15, 0.2) is 5.38 Å². The fraction of sp³-hybridized carbons (Fsp3) is 0.667. The topological polar surface area (TPSA) is 94.7 Å². The number of nitrogens with two attached hydrogens (primary N) is 1. The molecule has 112 valence electrons. The first kappa shape index (κ1) is 15.3. The second-order valence-corrected chi connectivity index (χ2v) is 6.21. The van der Waals surface area contributed by atoms with Gasteiger partial charge in [0, 0.05) is 31.1 Å². The summed E-state index contributed by atoms with van der Waals surface area (Å²) in [6.45, 7) is 2.19. The Morgan fingerprint density at radius 2 is 2.45 bits per heavy atom. The summed E-state index contributed by atoms with van der Waals surface area (Å²) in [5, 5.41) is 12.1. The van der Waals surface area contributed by atoms with Crippen molar-refractivity contribution in [3.63, 3.8) is 0 Å². The molecule has 2 heterocycles. The van der Waals surface area contributed by atoms with Gasteiger partial charge in [-0.3, -0.25) is 15.1 Å². The Balaban J connectivity index is 2.00. The summed E-state index contributed by atoms with van der Waals surface area (Å²) >= 11 is 1.28. The van der Waals surface area contributed by atoms with Crippen molar-refractivity contribution in [1.29, 1.82) is 0 Å². The molecule has 0 radical (unpaired) electrons. The summed E-state index contributed by atoms with van der Waals surface area (Å²) < 4.78 is 0. The van der Waals surface area contributed by atoms with Crippen molar-refractivity contribution in [2.75, 3.05) is 27.2 Å². The average Bonchev–Trinajstić information content (AvgIpc) is 2.96. The lowest BCUT2D eigenvalue weighted by molar-refractivity contribution is 0.0952. The van der Waals surface area contributed by atoms with Gasteiger partial charge >= 0.3 is 0 Å². The Labute approximate surface area is 122 Å². The van der Waals surface area contributed by atoms with Gasteiger partial charge in [0.15, 0.2) is 5.01 Å². The first-order chi connectivity index (χ1) is 9.49. The zero-order chi connectivity index (χ0) is 14.7. The summed E-state index contributed by atoms with van der Waals surface area (Å²) in [5.74, 6) is 4.72. The van der Waals surface area contributed by atoms with Crippen molar-refractivity contribution < 1.29 is 9.90 Å². The third-order valence-electron chi connectivity index (χ3n) is 3.32. The van der Waals surface area contributed by atoms with Crippen molar-refractivity contribution >= 4 is 17.2 Å². The predicted molar refractivity (Wildman–Crippen MR) is 77.1 cm³/mol. The molecule has 4 N–H and O–H groups in total. The molecule has 1 aliphatic heterocycles. The summed E-state index contributed by atoms with van der Waals surface area (Å²) in [7, 11) is 4.05. The van der Waals surface area contributed by atoms with Gasteiger partial charge in [-0.15, -0.1) is 11.3 Å². The number of β-amino-alcohol motifs (C(OH)–C–C–N with tert-alkyl or cyclic N) is 1. The number of aromatic nitrogens is 1. The lowest BCUT2D eigenvalue weighted by Gasteiger charge is -2.25. The van der Waals surface area contributed by atoms with Gasteiger partial charge in [-0.25, -0.2) is 10.8 Å². The fourth-order valence-corrected chi connectivity index (χ4v) is 3.23. The van der Waals surface area contributed by atoms with E-state index >= 15 is 0 Å². The van der Waals surface area contributed by atoms with Crippen molar-refractivity contribution in [2.24, 2.45) is 5.84 Å². The van der Waals surface area contributed by atoms with Gasteiger partial charge in [-0.1, -0.05) is 0 Å². The van der Waals surface area contributed by atoms with Gasteiger partial charge in [0.2, 0.25) is 0 Å². The molecule has 0 spiro atoms. The number of likely N-dealkylation sites (N-methyl/N-ethyl adjacent to an activating group) is 1. The van der Waals surface area contributed by atoms with Crippen LogP contribution < -0.4 is 11.3 Å². The number of nitrogens with one attached hydrogen (secondary N) is 1. The standard InChI is InChI=1S/C12H21N5O2S/c1-16(2)5-9-3-10(18)6-17(9)4-8-7-20-12(14-8)11(19)15-13/h7,9-10,18H,3-6,13H2,1-2H3,(H,15,19). The molecule has 1 amide bonds. The van der Waals surface area contributed by atoms with Crippen LogP contribution in [0.2, 0.25) is 0 Å². The number of carbonyl (C=O) groups is 1. The second-order valence-electron chi connectivity index (χ2n) is 5.35. The van der Waals surface area contributed by atoms with Crippen LogP contribution in [0.1, 0.15) is 21.9 Å². The quantitative estimate of drug-likeness (QED) is 0.376. The Morgan fingerprint density at radius 3 is 3.10 bits per heavy atom. The van der Waals surface area contributed by atoms with E-state index in [9.17, 15) is 9.90 Å². The minimum Gasteiger partial charge on any atom is -0.392 e. The van der Waals surface area contributed by atoms with Gasteiger partial charge in [0.25, 0.3) is 5.91 Å². The third kappa shape index (κ3) is 3.74. The molecule has 2 atom stereocenters. The first-order valence-electron chi connectivity index (χ1n) is 6.51. The number of likely N-dealkylation sites (tertiary alicyclic amines) is 1. The number of nitrogen functional groups attached to an aromatic ring is 1. The second kappa shape index (κ2) is 6.59. The number of aliphatic hydroxyl groups is 1. The van der Waals surface area contributed by atoms with Crippen LogP contribution in [0.3, 0.4) is 0 Å². The zero-order valence-corrected chi connectivity index (χ0v) is 12.6. The minimum atomic E-state index is -0.368. The summed E-state index contributed by atoms with van der Waals surface area (Å²) in [6, 6.07) is 0.313. The Hall–Kier alpha value is -1.06. The molecular weight excluding hydrogens is 278 g/mol. The van der Waals surface area contributed by atoms with Gasteiger partial charge in [0.1, 0.15) is 0 Å². The van der Waals surface area contributed by atoms with Crippen molar-refractivity contribution in [3.05, 3.63) is 16.1 Å². The molecule has 0 bridgehead atoms. The molecule has 1 fully saturated rings. The van der Waals surface area contributed by atoms with Crippen LogP contribution in [-0.4, -0.2) is 65.1 Å². The van der Waals surface area contributed by atoms with Crippen LogP contribution in [0.25, 0.3) is 0 Å². The van der Waals surface area contributed by atoms with Crippen LogP contribution in [0.5, 0.6) is 0 Å². The Bertz CT molecular complexity index is 464. The van der Waals surface area contributed by atoms with Crippen LogP contribution in [0, 0.1) is 0 Å². The molecule has 8 heteroatoms. The molecule has 1 aliphatic rings. The van der Waals surface area contributed by atoms with Crippen molar-refractivity contribution in [2.45, 2.75) is 25.1 Å². The van der Waals surface area contributed by atoms with E-state index in [1.54, 1.807) is 0 Å². The summed E-state index contributed by atoms with van der Waals surface area (Å²) in [4.78, 5) is 20.0. The van der Waals surface area contributed by atoms with Crippen molar-refractivity contribution in [3.8, 4) is 0 Å². The highest BCUT2D eigenvalue weighted by molar-refractivity contribution is 7.11. The van der Waals surface area contributed by atoms with E-state index in [4.69, 9.17) is 5.84 Å². The third-order valence-corrected chi connectivity index (χ3v) is 4.21. The molecule has 7 nitrogen and oxygen atoms in total. The van der Waals surface area contributed by atoms with E-state index in [2.05, 4.69) is 20.2 Å². The Kier molecular flexibility index (Phi) is 5.06.